The standard InChI is InChI=1S/C24H26N8O2/c1-34-18-8-6-15(7-9-18)10-11-26-24(33)32-14-17(12-16-4-2-3-5-20(16)32)28-21-19-13-27-31-22(19)30-23(25)29-21/h2-9,13,17H,10-12,14H2,1H3,(H,26,33)(H4,25,27,28,29,30,31). The normalized spacial score (nSPS) is 15.1. The number of H-pyrrole nitrogens is 1. The fraction of sp³-hybridized carbons (Fsp3) is 0.250. The van der Waals surface area contributed by atoms with Crippen LogP contribution in [-0.4, -0.2) is 52.4 Å². The molecule has 10 nitrogen and oxygen atoms in total. The molecule has 1 atom stereocenters. The number of methoxy groups -OCH3 is 1. The van der Waals surface area contributed by atoms with E-state index >= 15 is 0 Å². The minimum Gasteiger partial charge on any atom is -0.497 e. The van der Waals surface area contributed by atoms with Crippen molar-refractivity contribution >= 4 is 34.5 Å². The number of aromatic amines is 1. The van der Waals surface area contributed by atoms with Crippen molar-refractivity contribution in [1.82, 2.24) is 25.5 Å². The summed E-state index contributed by atoms with van der Waals surface area (Å²) in [5.74, 6) is 1.57. The van der Waals surface area contributed by atoms with Gasteiger partial charge in [-0.2, -0.15) is 15.1 Å². The van der Waals surface area contributed by atoms with Crippen molar-refractivity contribution < 1.29 is 9.53 Å². The smallest absolute Gasteiger partial charge is 0.321 e. The molecule has 0 radical (unpaired) electrons. The molecule has 0 spiro atoms. The molecule has 5 N–H and O–H groups in total. The Hall–Kier alpha value is -4.34. The molecule has 0 fully saturated rings. The third-order valence-corrected chi connectivity index (χ3v) is 5.91. The molecule has 34 heavy (non-hydrogen) atoms. The summed E-state index contributed by atoms with van der Waals surface area (Å²) in [5.41, 5.74) is 9.57. The molecule has 2 amide bonds. The second kappa shape index (κ2) is 9.26. The van der Waals surface area contributed by atoms with Crippen LogP contribution in [0, 0.1) is 0 Å². The van der Waals surface area contributed by atoms with Crippen LogP contribution >= 0.6 is 0 Å². The van der Waals surface area contributed by atoms with Crippen LogP contribution in [0.4, 0.5) is 22.2 Å². The number of aromatic nitrogens is 4. The molecule has 3 heterocycles. The number of nitrogens with one attached hydrogen (secondary N) is 3. The number of ether oxygens (including phenoxy) is 1. The van der Waals surface area contributed by atoms with Crippen molar-refractivity contribution in [3.8, 4) is 5.75 Å². The maximum Gasteiger partial charge on any atom is 0.321 e. The van der Waals surface area contributed by atoms with Crippen LogP contribution in [-0.2, 0) is 12.8 Å². The van der Waals surface area contributed by atoms with Gasteiger partial charge in [0.1, 0.15) is 11.6 Å². The van der Waals surface area contributed by atoms with E-state index < -0.39 is 0 Å². The van der Waals surface area contributed by atoms with Gasteiger partial charge in [0, 0.05) is 24.8 Å². The molecule has 0 aliphatic carbocycles. The van der Waals surface area contributed by atoms with Crippen molar-refractivity contribution in [2.45, 2.75) is 18.9 Å². The van der Waals surface area contributed by atoms with E-state index in [9.17, 15) is 4.79 Å². The summed E-state index contributed by atoms with van der Waals surface area (Å²) in [4.78, 5) is 23.5. The Bertz CT molecular complexity index is 1300. The average Bonchev–Trinajstić information content (AvgIpc) is 3.32. The van der Waals surface area contributed by atoms with Crippen molar-refractivity contribution in [2.75, 3.05) is 36.1 Å². The maximum absolute atomic E-state index is 13.2. The summed E-state index contributed by atoms with van der Waals surface area (Å²) in [7, 11) is 1.64. The Labute approximate surface area is 196 Å². The van der Waals surface area contributed by atoms with E-state index in [1.54, 1.807) is 18.2 Å². The van der Waals surface area contributed by atoms with Crippen LogP contribution in [0.25, 0.3) is 11.0 Å². The highest BCUT2D eigenvalue weighted by Crippen LogP contribution is 2.29. The fourth-order valence-electron chi connectivity index (χ4n) is 4.24. The number of hydrogen-bond acceptors (Lipinski definition) is 7. The number of fused-ring (bicyclic) bond motifs is 2. The zero-order valence-electron chi connectivity index (χ0n) is 18.8. The molecule has 0 saturated heterocycles. The summed E-state index contributed by atoms with van der Waals surface area (Å²) < 4.78 is 5.20. The highest BCUT2D eigenvalue weighted by Gasteiger charge is 2.29. The lowest BCUT2D eigenvalue weighted by atomic mass is 9.98. The van der Waals surface area contributed by atoms with Gasteiger partial charge in [0.05, 0.1) is 18.7 Å². The largest absolute Gasteiger partial charge is 0.497 e. The first-order chi connectivity index (χ1) is 16.6. The SMILES string of the molecule is COc1ccc(CCNC(=O)N2CC(Nc3nc(N)nc4[nH]ncc34)Cc3ccccc32)cc1. The van der Waals surface area contributed by atoms with Crippen LogP contribution in [0.2, 0.25) is 0 Å². The molecule has 1 aliphatic rings. The number of carbonyl (C=O) groups excluding carboxylic acids is 1. The van der Waals surface area contributed by atoms with E-state index in [1.165, 1.54) is 0 Å². The minimum absolute atomic E-state index is 0.0605. The highest BCUT2D eigenvalue weighted by molar-refractivity contribution is 5.94. The van der Waals surface area contributed by atoms with Crippen LogP contribution in [0.5, 0.6) is 5.75 Å². The molecule has 10 heteroatoms. The molecule has 1 unspecified atom stereocenters. The molecule has 0 saturated carbocycles. The number of urea groups is 1. The van der Waals surface area contributed by atoms with E-state index in [4.69, 9.17) is 10.5 Å². The molecular weight excluding hydrogens is 432 g/mol. The van der Waals surface area contributed by atoms with Gasteiger partial charge < -0.3 is 21.1 Å². The number of nitrogens with zero attached hydrogens (tertiary/aromatic N) is 4. The number of hydrogen-bond donors (Lipinski definition) is 4. The van der Waals surface area contributed by atoms with Crippen molar-refractivity contribution in [3.63, 3.8) is 0 Å². The molecule has 174 valence electrons. The molecule has 4 aromatic rings. The van der Waals surface area contributed by atoms with Crippen molar-refractivity contribution in [1.29, 1.82) is 0 Å². The number of carbonyl (C=O) groups is 1. The summed E-state index contributed by atoms with van der Waals surface area (Å²) in [5, 5.41) is 14.1. The summed E-state index contributed by atoms with van der Waals surface area (Å²) in [6.45, 7) is 1.01. The van der Waals surface area contributed by atoms with E-state index in [2.05, 4.69) is 30.8 Å². The van der Waals surface area contributed by atoms with E-state index in [-0.39, 0.29) is 18.0 Å². The Morgan fingerprint density at radius 3 is 2.85 bits per heavy atom. The van der Waals surface area contributed by atoms with Crippen LogP contribution < -0.4 is 26.0 Å². The second-order valence-corrected chi connectivity index (χ2v) is 8.18. The van der Waals surface area contributed by atoms with E-state index in [1.807, 2.05) is 48.5 Å². The van der Waals surface area contributed by atoms with Gasteiger partial charge in [0.15, 0.2) is 5.65 Å². The van der Waals surface area contributed by atoms with Gasteiger partial charge in [-0.1, -0.05) is 30.3 Å². The molecule has 5 rings (SSSR count). The van der Waals surface area contributed by atoms with Gasteiger partial charge >= 0.3 is 6.03 Å². The average molecular weight is 459 g/mol. The van der Waals surface area contributed by atoms with Gasteiger partial charge in [-0.15, -0.1) is 0 Å². The molecule has 0 bridgehead atoms. The Balaban J connectivity index is 1.30. The molecular formula is C24H26N8O2. The van der Waals surface area contributed by atoms with Crippen LogP contribution in [0.1, 0.15) is 11.1 Å². The maximum atomic E-state index is 13.2. The number of benzene rings is 2. The number of nitrogen functional groups attached to an aromatic ring is 1. The number of para-hydroxylation sites is 1. The van der Waals surface area contributed by atoms with Gasteiger partial charge in [-0.25, -0.2) is 4.79 Å². The third-order valence-electron chi connectivity index (χ3n) is 5.91. The number of nitrogens with two attached hydrogens (primary N) is 1. The monoisotopic (exact) mass is 458 g/mol. The first-order valence-corrected chi connectivity index (χ1v) is 11.1. The lowest BCUT2D eigenvalue weighted by Gasteiger charge is -2.35. The van der Waals surface area contributed by atoms with Gasteiger partial charge in [-0.05, 0) is 42.2 Å². The second-order valence-electron chi connectivity index (χ2n) is 8.18. The number of rotatable bonds is 6. The van der Waals surface area contributed by atoms with Crippen molar-refractivity contribution in [2.24, 2.45) is 0 Å². The zero-order chi connectivity index (χ0) is 23.5. The summed E-state index contributed by atoms with van der Waals surface area (Å²) >= 11 is 0. The van der Waals surface area contributed by atoms with Crippen LogP contribution in [0.3, 0.4) is 0 Å². The first-order valence-electron chi connectivity index (χ1n) is 11.1. The summed E-state index contributed by atoms with van der Waals surface area (Å²) in [6.07, 6.45) is 3.14. The molecule has 1 aliphatic heterocycles. The lowest BCUT2D eigenvalue weighted by molar-refractivity contribution is 0.245. The molecule has 2 aromatic heterocycles. The zero-order valence-corrected chi connectivity index (χ0v) is 18.8. The fourth-order valence-corrected chi connectivity index (χ4v) is 4.24. The van der Waals surface area contributed by atoms with Gasteiger partial charge in [0.2, 0.25) is 5.95 Å². The first kappa shape index (κ1) is 21.5. The van der Waals surface area contributed by atoms with E-state index in [0.29, 0.717) is 24.6 Å². The Kier molecular flexibility index (Phi) is 5.86. The Morgan fingerprint density at radius 2 is 2.03 bits per heavy atom. The predicted octanol–water partition coefficient (Wildman–Crippen LogP) is 2.74. The number of anilines is 3. The number of amides is 2. The summed E-state index contributed by atoms with van der Waals surface area (Å²) in [6, 6.07) is 15.6. The predicted molar refractivity (Wildman–Crippen MR) is 131 cm³/mol. The van der Waals surface area contributed by atoms with Crippen LogP contribution in [0.15, 0.2) is 54.7 Å². The quantitative estimate of drug-likeness (QED) is 0.349. The lowest BCUT2D eigenvalue weighted by Crippen LogP contribution is -2.50. The van der Waals surface area contributed by atoms with Gasteiger partial charge in [-0.3, -0.25) is 10.00 Å². The highest BCUT2D eigenvalue weighted by atomic mass is 16.5. The Morgan fingerprint density at radius 1 is 1.21 bits per heavy atom. The third kappa shape index (κ3) is 4.42. The van der Waals surface area contributed by atoms with E-state index in [0.717, 1.165) is 40.8 Å². The van der Waals surface area contributed by atoms with Crippen molar-refractivity contribution in [3.05, 3.63) is 65.9 Å². The topological polar surface area (TPSA) is 134 Å². The van der Waals surface area contributed by atoms with Gasteiger partial charge in [0.25, 0.3) is 0 Å². The molecule has 2 aromatic carbocycles. The minimum atomic E-state index is -0.136.